The molecule has 0 unspecified atom stereocenters. The van der Waals surface area contributed by atoms with E-state index in [0.29, 0.717) is 27.0 Å². The number of pyridine rings is 1. The van der Waals surface area contributed by atoms with Crippen LogP contribution >= 0.6 is 11.6 Å². The smallest absolute Gasteiger partial charge is 0.265 e. The fourth-order valence-electron chi connectivity index (χ4n) is 3.23. The van der Waals surface area contributed by atoms with E-state index in [4.69, 9.17) is 11.6 Å². The van der Waals surface area contributed by atoms with Gasteiger partial charge in [-0.3, -0.25) is 10.2 Å². The number of nitrogens with one attached hydrogen (secondary N) is 1. The number of hydrogen-bond donors (Lipinski definition) is 2. The van der Waals surface area contributed by atoms with Crippen molar-refractivity contribution in [2.75, 3.05) is 5.43 Å². The summed E-state index contributed by atoms with van der Waals surface area (Å²) in [5.74, 6) is -0.225. The van der Waals surface area contributed by atoms with E-state index in [-0.39, 0.29) is 11.4 Å². The summed E-state index contributed by atoms with van der Waals surface area (Å²) in [6, 6.07) is 21.7. The van der Waals surface area contributed by atoms with E-state index in [2.05, 4.69) is 10.5 Å². The maximum atomic E-state index is 13.1. The molecule has 4 aromatic rings. The van der Waals surface area contributed by atoms with Crippen LogP contribution in [0.3, 0.4) is 0 Å². The second-order valence-electron chi connectivity index (χ2n) is 6.61. The molecule has 1 aromatic heterocycles. The van der Waals surface area contributed by atoms with Crippen molar-refractivity contribution < 1.29 is 5.11 Å². The number of anilines is 1. The van der Waals surface area contributed by atoms with Crippen LogP contribution in [0.1, 0.15) is 11.1 Å². The first-order chi connectivity index (χ1) is 14.1. The number of hydrogen-bond acceptors (Lipinski definition) is 4. The van der Waals surface area contributed by atoms with Crippen LogP contribution in [-0.2, 0) is 0 Å². The summed E-state index contributed by atoms with van der Waals surface area (Å²) in [6.45, 7) is 1.99. The Morgan fingerprint density at radius 2 is 1.72 bits per heavy atom. The highest BCUT2D eigenvalue weighted by atomic mass is 35.5. The van der Waals surface area contributed by atoms with Gasteiger partial charge in [0.1, 0.15) is 0 Å². The molecule has 0 saturated heterocycles. The van der Waals surface area contributed by atoms with Crippen LogP contribution < -0.4 is 11.0 Å². The van der Waals surface area contributed by atoms with Gasteiger partial charge in [-0.1, -0.05) is 54.1 Å². The number of nitrogens with zero attached hydrogens (tertiary/aromatic N) is 2. The molecule has 0 spiro atoms. The summed E-state index contributed by atoms with van der Waals surface area (Å²) in [6.07, 6.45) is 1.51. The monoisotopic (exact) mass is 403 g/mol. The zero-order valence-corrected chi connectivity index (χ0v) is 16.4. The minimum Gasteiger partial charge on any atom is -0.494 e. The van der Waals surface area contributed by atoms with E-state index in [1.807, 2.05) is 37.3 Å². The van der Waals surface area contributed by atoms with Crippen LogP contribution in [0.4, 0.5) is 5.69 Å². The molecule has 0 radical (unpaired) electrons. The standard InChI is InChI=1S/C23H18ClN3O2/c1-15-7-6-8-16(13-15)26-25-14-19-17-9-2-3-10-18(17)22(28)27(23(19)29)21-12-5-4-11-20(21)24/h2-14,26,29H,1H3/b25-14+. The molecule has 0 saturated carbocycles. The number of aromatic nitrogens is 1. The number of fused-ring (bicyclic) bond motifs is 1. The molecule has 4 rings (SSSR count). The first-order valence-electron chi connectivity index (χ1n) is 9.03. The van der Waals surface area contributed by atoms with Gasteiger partial charge in [0, 0.05) is 10.8 Å². The van der Waals surface area contributed by atoms with Crippen LogP contribution in [0.5, 0.6) is 5.88 Å². The van der Waals surface area contributed by atoms with Gasteiger partial charge in [0.2, 0.25) is 5.88 Å². The maximum absolute atomic E-state index is 13.1. The first kappa shape index (κ1) is 18.8. The second kappa shape index (κ2) is 7.81. The van der Waals surface area contributed by atoms with Gasteiger partial charge in [-0.15, -0.1) is 0 Å². The van der Waals surface area contributed by atoms with Gasteiger partial charge in [-0.25, -0.2) is 4.57 Å². The molecule has 6 heteroatoms. The van der Waals surface area contributed by atoms with Crippen molar-refractivity contribution in [1.29, 1.82) is 0 Å². The largest absolute Gasteiger partial charge is 0.494 e. The average molecular weight is 404 g/mol. The molecule has 5 nitrogen and oxygen atoms in total. The van der Waals surface area contributed by atoms with Crippen LogP contribution in [0.2, 0.25) is 5.02 Å². The summed E-state index contributed by atoms with van der Waals surface area (Å²) in [5, 5.41) is 16.7. The molecule has 0 aliphatic heterocycles. The Morgan fingerprint density at radius 1 is 1.00 bits per heavy atom. The molecule has 0 fully saturated rings. The van der Waals surface area contributed by atoms with Crippen molar-refractivity contribution in [3.63, 3.8) is 0 Å². The highest BCUT2D eigenvalue weighted by Crippen LogP contribution is 2.28. The zero-order valence-electron chi connectivity index (χ0n) is 15.6. The molecule has 144 valence electrons. The third-order valence-corrected chi connectivity index (χ3v) is 4.92. The van der Waals surface area contributed by atoms with E-state index in [0.717, 1.165) is 11.3 Å². The Balaban J connectivity index is 1.88. The molecular formula is C23H18ClN3O2. The van der Waals surface area contributed by atoms with Gasteiger partial charge < -0.3 is 5.11 Å². The quantitative estimate of drug-likeness (QED) is 0.368. The molecule has 0 aliphatic rings. The topological polar surface area (TPSA) is 66.6 Å². The lowest BCUT2D eigenvalue weighted by Gasteiger charge is -2.14. The van der Waals surface area contributed by atoms with Crippen molar-refractivity contribution in [2.45, 2.75) is 6.92 Å². The normalized spacial score (nSPS) is 11.2. The van der Waals surface area contributed by atoms with Crippen LogP contribution in [0, 0.1) is 6.92 Å². The Hall–Kier alpha value is -3.57. The molecule has 2 N–H and O–H groups in total. The third-order valence-electron chi connectivity index (χ3n) is 4.60. The molecule has 0 atom stereocenters. The minimum atomic E-state index is -0.352. The molecule has 1 heterocycles. The molecule has 0 bridgehead atoms. The summed E-state index contributed by atoms with van der Waals surface area (Å²) in [5.41, 5.74) is 5.35. The number of para-hydroxylation sites is 1. The van der Waals surface area contributed by atoms with Gasteiger partial charge in [0.15, 0.2) is 0 Å². The number of hydrazone groups is 1. The van der Waals surface area contributed by atoms with E-state index in [9.17, 15) is 9.90 Å². The van der Waals surface area contributed by atoms with Gasteiger partial charge in [-0.2, -0.15) is 5.10 Å². The van der Waals surface area contributed by atoms with E-state index >= 15 is 0 Å². The van der Waals surface area contributed by atoms with Crippen LogP contribution in [0.25, 0.3) is 16.5 Å². The van der Waals surface area contributed by atoms with E-state index < -0.39 is 0 Å². The van der Waals surface area contributed by atoms with E-state index in [1.54, 1.807) is 42.5 Å². The highest BCUT2D eigenvalue weighted by Gasteiger charge is 2.17. The van der Waals surface area contributed by atoms with Crippen molar-refractivity contribution in [3.05, 3.63) is 99.3 Å². The van der Waals surface area contributed by atoms with Gasteiger partial charge in [0.05, 0.1) is 28.2 Å². The van der Waals surface area contributed by atoms with Crippen molar-refractivity contribution in [3.8, 4) is 11.6 Å². The molecule has 3 aromatic carbocycles. The lowest BCUT2D eigenvalue weighted by molar-refractivity contribution is 0.436. The Labute approximate surface area is 172 Å². The average Bonchev–Trinajstić information content (AvgIpc) is 2.72. The van der Waals surface area contributed by atoms with Crippen molar-refractivity contribution >= 4 is 34.3 Å². The molecular weight excluding hydrogens is 386 g/mol. The number of rotatable bonds is 4. The summed E-state index contributed by atoms with van der Waals surface area (Å²) < 4.78 is 1.21. The lowest BCUT2D eigenvalue weighted by atomic mass is 10.1. The van der Waals surface area contributed by atoms with E-state index in [1.165, 1.54) is 10.8 Å². The Kier molecular flexibility index (Phi) is 5.06. The number of aromatic hydroxyl groups is 1. The fourth-order valence-corrected chi connectivity index (χ4v) is 3.45. The first-order valence-corrected chi connectivity index (χ1v) is 9.41. The summed E-state index contributed by atoms with van der Waals surface area (Å²) >= 11 is 6.29. The van der Waals surface area contributed by atoms with Gasteiger partial charge in [0.25, 0.3) is 5.56 Å². The number of benzene rings is 3. The lowest BCUT2D eigenvalue weighted by Crippen LogP contribution is -2.20. The third kappa shape index (κ3) is 3.60. The van der Waals surface area contributed by atoms with Gasteiger partial charge >= 0.3 is 0 Å². The predicted molar refractivity (Wildman–Crippen MR) is 119 cm³/mol. The zero-order chi connectivity index (χ0) is 20.4. The summed E-state index contributed by atoms with van der Waals surface area (Å²) in [7, 11) is 0. The van der Waals surface area contributed by atoms with Crippen LogP contribution in [0.15, 0.2) is 82.7 Å². The summed E-state index contributed by atoms with van der Waals surface area (Å²) in [4.78, 5) is 13.1. The maximum Gasteiger partial charge on any atom is 0.265 e. The predicted octanol–water partition coefficient (Wildman–Crippen LogP) is 5.10. The Morgan fingerprint density at radius 3 is 2.48 bits per heavy atom. The number of halogens is 1. The Bertz CT molecular complexity index is 1300. The van der Waals surface area contributed by atoms with Gasteiger partial charge in [-0.05, 0) is 42.8 Å². The van der Waals surface area contributed by atoms with Crippen LogP contribution in [-0.4, -0.2) is 15.9 Å². The highest BCUT2D eigenvalue weighted by molar-refractivity contribution is 6.32. The van der Waals surface area contributed by atoms with Crippen molar-refractivity contribution in [2.24, 2.45) is 5.10 Å². The SMILES string of the molecule is Cc1cccc(N/N=C/c2c(O)n(-c3ccccc3Cl)c(=O)c3ccccc23)c1. The molecule has 29 heavy (non-hydrogen) atoms. The number of aryl methyl sites for hydroxylation is 1. The molecule has 0 amide bonds. The molecule has 0 aliphatic carbocycles. The minimum absolute atomic E-state index is 0.225. The fraction of sp³-hybridized carbons (Fsp3) is 0.0435. The van der Waals surface area contributed by atoms with Crippen molar-refractivity contribution in [1.82, 2.24) is 4.57 Å². The second-order valence-corrected chi connectivity index (χ2v) is 7.02.